The van der Waals surface area contributed by atoms with Gasteiger partial charge >= 0.3 is 5.97 Å². The molecule has 0 aliphatic carbocycles. The lowest BCUT2D eigenvalue weighted by Gasteiger charge is -2.12. The highest BCUT2D eigenvalue weighted by Crippen LogP contribution is 2.13. The van der Waals surface area contributed by atoms with Gasteiger partial charge in [0.05, 0.1) is 11.5 Å². The Labute approximate surface area is 101 Å². The molecule has 0 fully saturated rings. The maximum Gasteiger partial charge on any atom is 0.324 e. The van der Waals surface area contributed by atoms with Crippen LogP contribution >= 0.6 is 0 Å². The highest BCUT2D eigenvalue weighted by molar-refractivity contribution is 7.89. The third-order valence-electron chi connectivity index (χ3n) is 1.92. The zero-order valence-corrected chi connectivity index (χ0v) is 9.62. The average molecular weight is 281 g/mol. The maximum absolute atomic E-state index is 12.8. The van der Waals surface area contributed by atoms with Crippen molar-refractivity contribution in [1.82, 2.24) is 4.72 Å². The number of carboxylic acids is 1. The van der Waals surface area contributed by atoms with Crippen molar-refractivity contribution < 1.29 is 32.2 Å². The van der Waals surface area contributed by atoms with Gasteiger partial charge in [-0.3, -0.25) is 4.79 Å². The molecule has 9 heteroatoms. The van der Waals surface area contributed by atoms with E-state index in [1.165, 1.54) is 0 Å². The topological polar surface area (TPSA) is 104 Å². The molecule has 1 rings (SSSR count). The smallest absolute Gasteiger partial charge is 0.324 e. The summed E-state index contributed by atoms with van der Waals surface area (Å²) in [5.74, 6) is -3.85. The SMILES string of the molecule is O=C(O)[C@@H](CO)NS(=O)(=O)c1cc(F)cc(F)c1. The molecule has 0 saturated carbocycles. The molecule has 0 heterocycles. The zero-order valence-electron chi connectivity index (χ0n) is 8.80. The molecule has 1 atom stereocenters. The molecular weight excluding hydrogens is 272 g/mol. The van der Waals surface area contributed by atoms with Crippen molar-refractivity contribution in [3.63, 3.8) is 0 Å². The van der Waals surface area contributed by atoms with Gasteiger partial charge in [-0.05, 0) is 12.1 Å². The van der Waals surface area contributed by atoms with E-state index in [2.05, 4.69) is 0 Å². The number of carbonyl (C=O) groups is 1. The van der Waals surface area contributed by atoms with Crippen LogP contribution in [0.15, 0.2) is 23.1 Å². The van der Waals surface area contributed by atoms with Crippen LogP contribution in [0.4, 0.5) is 8.78 Å². The number of aliphatic carboxylic acids is 1. The van der Waals surface area contributed by atoms with Gasteiger partial charge in [-0.1, -0.05) is 0 Å². The van der Waals surface area contributed by atoms with Crippen molar-refractivity contribution >= 4 is 16.0 Å². The van der Waals surface area contributed by atoms with Crippen LogP contribution in [0.5, 0.6) is 0 Å². The van der Waals surface area contributed by atoms with Crippen LogP contribution in [0, 0.1) is 11.6 Å². The Bertz CT molecular complexity index is 540. The van der Waals surface area contributed by atoms with Gasteiger partial charge in [0, 0.05) is 6.07 Å². The van der Waals surface area contributed by atoms with E-state index in [0.29, 0.717) is 18.2 Å². The lowest BCUT2D eigenvalue weighted by Crippen LogP contribution is -2.43. The van der Waals surface area contributed by atoms with Crippen molar-refractivity contribution in [2.75, 3.05) is 6.61 Å². The van der Waals surface area contributed by atoms with Crippen LogP contribution < -0.4 is 4.72 Å². The standard InChI is InChI=1S/C9H9F2NO5S/c10-5-1-6(11)3-7(2-5)18(16,17)12-8(4-13)9(14)15/h1-3,8,12-13H,4H2,(H,14,15)/t8-/m1/s1. The highest BCUT2D eigenvalue weighted by atomic mass is 32.2. The molecule has 0 aromatic heterocycles. The molecule has 18 heavy (non-hydrogen) atoms. The third-order valence-corrected chi connectivity index (χ3v) is 3.38. The molecule has 0 amide bonds. The molecule has 0 bridgehead atoms. The molecule has 1 aromatic rings. The summed E-state index contributed by atoms with van der Waals surface area (Å²) in [4.78, 5) is 9.77. The summed E-state index contributed by atoms with van der Waals surface area (Å²) in [6, 6.07) is -0.260. The minimum atomic E-state index is -4.43. The van der Waals surface area contributed by atoms with Gasteiger partial charge in [-0.2, -0.15) is 4.72 Å². The van der Waals surface area contributed by atoms with Crippen molar-refractivity contribution in [3.05, 3.63) is 29.8 Å². The Kier molecular flexibility index (Phi) is 4.33. The number of benzene rings is 1. The number of sulfonamides is 1. The number of aliphatic hydroxyl groups is 1. The molecule has 100 valence electrons. The van der Waals surface area contributed by atoms with E-state index < -0.39 is 45.2 Å². The second-order valence-corrected chi connectivity index (χ2v) is 5.01. The predicted octanol–water partition coefficient (Wildman–Crippen LogP) is -0.311. The van der Waals surface area contributed by atoms with Crippen molar-refractivity contribution in [1.29, 1.82) is 0 Å². The average Bonchev–Trinajstić information content (AvgIpc) is 2.24. The fourth-order valence-corrected chi connectivity index (χ4v) is 2.33. The predicted molar refractivity (Wildman–Crippen MR) is 55.2 cm³/mol. The van der Waals surface area contributed by atoms with E-state index in [9.17, 15) is 22.0 Å². The normalized spacial score (nSPS) is 13.3. The van der Waals surface area contributed by atoms with Crippen molar-refractivity contribution in [3.8, 4) is 0 Å². The van der Waals surface area contributed by atoms with Gasteiger partial charge in [-0.25, -0.2) is 17.2 Å². The van der Waals surface area contributed by atoms with Crippen LogP contribution in [0.25, 0.3) is 0 Å². The van der Waals surface area contributed by atoms with Gasteiger partial charge in [0.25, 0.3) is 0 Å². The van der Waals surface area contributed by atoms with Crippen molar-refractivity contribution in [2.24, 2.45) is 0 Å². The second kappa shape index (κ2) is 5.38. The number of hydrogen-bond acceptors (Lipinski definition) is 4. The van der Waals surface area contributed by atoms with Gasteiger partial charge < -0.3 is 10.2 Å². The summed E-state index contributed by atoms with van der Waals surface area (Å²) in [6.07, 6.45) is 0. The summed E-state index contributed by atoms with van der Waals surface area (Å²) in [5.41, 5.74) is 0. The molecule has 0 spiro atoms. The molecule has 0 aliphatic heterocycles. The summed E-state index contributed by atoms with van der Waals surface area (Å²) < 4.78 is 50.5. The minimum Gasteiger partial charge on any atom is -0.480 e. The monoisotopic (exact) mass is 281 g/mol. The Morgan fingerprint density at radius 3 is 2.17 bits per heavy atom. The summed E-state index contributed by atoms with van der Waals surface area (Å²) in [5, 5.41) is 17.2. The molecule has 0 aliphatic rings. The Balaban J connectivity index is 3.10. The van der Waals surface area contributed by atoms with Crippen molar-refractivity contribution in [2.45, 2.75) is 10.9 Å². The van der Waals surface area contributed by atoms with Gasteiger partial charge in [0.15, 0.2) is 0 Å². The number of aliphatic hydroxyl groups excluding tert-OH is 1. The first kappa shape index (κ1) is 14.5. The molecule has 0 saturated heterocycles. The fraction of sp³-hybridized carbons (Fsp3) is 0.222. The maximum atomic E-state index is 12.8. The highest BCUT2D eigenvalue weighted by Gasteiger charge is 2.25. The Hall–Kier alpha value is -1.58. The summed E-state index contributed by atoms with van der Waals surface area (Å²) in [7, 11) is -4.43. The first-order valence-electron chi connectivity index (χ1n) is 4.58. The molecule has 0 unspecified atom stereocenters. The van der Waals surface area contributed by atoms with E-state index in [0.717, 1.165) is 0 Å². The van der Waals surface area contributed by atoms with E-state index in [4.69, 9.17) is 10.2 Å². The van der Waals surface area contributed by atoms with E-state index in [1.54, 1.807) is 4.72 Å². The summed E-state index contributed by atoms with van der Waals surface area (Å²) in [6.45, 7) is -0.994. The number of rotatable bonds is 5. The molecule has 6 nitrogen and oxygen atoms in total. The van der Waals surface area contributed by atoms with E-state index in [-0.39, 0.29) is 0 Å². The Morgan fingerprint density at radius 1 is 1.28 bits per heavy atom. The second-order valence-electron chi connectivity index (χ2n) is 3.30. The van der Waals surface area contributed by atoms with Gasteiger partial charge in [0.2, 0.25) is 10.0 Å². The molecule has 1 aromatic carbocycles. The first-order chi connectivity index (χ1) is 8.26. The largest absolute Gasteiger partial charge is 0.480 e. The van der Waals surface area contributed by atoms with Crippen LogP contribution in [0.1, 0.15) is 0 Å². The Morgan fingerprint density at radius 2 is 1.78 bits per heavy atom. The van der Waals surface area contributed by atoms with Crippen LogP contribution in [-0.4, -0.2) is 37.2 Å². The number of hydrogen-bond donors (Lipinski definition) is 3. The van der Waals surface area contributed by atoms with Crippen LogP contribution in [-0.2, 0) is 14.8 Å². The van der Waals surface area contributed by atoms with E-state index >= 15 is 0 Å². The van der Waals surface area contributed by atoms with E-state index in [1.807, 2.05) is 0 Å². The first-order valence-corrected chi connectivity index (χ1v) is 6.06. The zero-order chi connectivity index (χ0) is 13.9. The number of carboxylic acid groups (broad SMARTS) is 1. The molecule has 0 radical (unpaired) electrons. The number of halogens is 2. The lowest BCUT2D eigenvalue weighted by molar-refractivity contribution is -0.139. The lowest BCUT2D eigenvalue weighted by atomic mass is 10.3. The minimum absolute atomic E-state index is 0.472. The summed E-state index contributed by atoms with van der Waals surface area (Å²) >= 11 is 0. The quantitative estimate of drug-likeness (QED) is 0.686. The molecule has 3 N–H and O–H groups in total. The van der Waals surface area contributed by atoms with Gasteiger partial charge in [0.1, 0.15) is 17.7 Å². The molecular formula is C9H9F2NO5S. The van der Waals surface area contributed by atoms with Crippen LogP contribution in [0.3, 0.4) is 0 Å². The third kappa shape index (κ3) is 3.45. The number of nitrogens with one attached hydrogen (secondary N) is 1. The van der Waals surface area contributed by atoms with Gasteiger partial charge in [-0.15, -0.1) is 0 Å². The fourth-order valence-electron chi connectivity index (χ4n) is 1.10. The van der Waals surface area contributed by atoms with Crippen LogP contribution in [0.2, 0.25) is 0 Å².